The van der Waals surface area contributed by atoms with E-state index in [0.29, 0.717) is 40.2 Å². The maximum atomic E-state index is 9.22. The zero-order chi connectivity index (χ0) is 38.2. The van der Waals surface area contributed by atoms with Crippen LogP contribution in [0.25, 0.3) is 0 Å². The lowest BCUT2D eigenvalue weighted by atomic mass is 10.3. The molecule has 0 unspecified atom stereocenters. The first kappa shape index (κ1) is 42.5. The van der Waals surface area contributed by atoms with E-state index in [1.165, 1.54) is 53.7 Å². The van der Waals surface area contributed by atoms with E-state index in [1.54, 1.807) is 106 Å². The van der Waals surface area contributed by atoms with Crippen LogP contribution in [0.3, 0.4) is 0 Å². The lowest BCUT2D eigenvalue weighted by molar-refractivity contribution is 0.333. The molecule has 51 heavy (non-hydrogen) atoms. The van der Waals surface area contributed by atoms with Gasteiger partial charge in [0.05, 0.1) is 56.9 Å². The highest BCUT2D eigenvalue weighted by Crippen LogP contribution is 2.35. The van der Waals surface area contributed by atoms with E-state index in [2.05, 4.69) is 0 Å². The van der Waals surface area contributed by atoms with Gasteiger partial charge in [-0.25, -0.2) is 0 Å². The number of phenolic OH excluding ortho intramolecular Hbond substituents is 5. The number of ether oxygens (including phenoxy) is 8. The predicted octanol–water partition coefficient (Wildman–Crippen LogP) is 7.03. The number of hydrogen-bond acceptors (Lipinski definition) is 13. The molecule has 0 atom stereocenters. The second-order valence-electron chi connectivity index (χ2n) is 9.52. The van der Waals surface area contributed by atoms with Gasteiger partial charge in [0, 0.05) is 30.3 Å². The Labute approximate surface area is 297 Å². The quantitative estimate of drug-likeness (QED) is 0.111. The molecule has 0 saturated carbocycles. The van der Waals surface area contributed by atoms with Gasteiger partial charge >= 0.3 is 0 Å². The highest BCUT2D eigenvalue weighted by atomic mass is 16.5. The molecule has 0 heterocycles. The first-order chi connectivity index (χ1) is 24.5. The van der Waals surface area contributed by atoms with Crippen molar-refractivity contribution in [2.45, 2.75) is 0 Å². The SMILES string of the molecule is COc1cc(O)cc(OC)c1.COc1ccc(O)cc1.COc1ccc(O)cc1OC.COc1cccc(O)c1.COc1cccc(O)c1OC. The Morgan fingerprint density at radius 2 is 0.804 bits per heavy atom. The highest BCUT2D eigenvalue weighted by molar-refractivity contribution is 5.50. The van der Waals surface area contributed by atoms with Crippen molar-refractivity contribution in [1.29, 1.82) is 0 Å². The summed E-state index contributed by atoms with van der Waals surface area (Å²) in [6.45, 7) is 0. The van der Waals surface area contributed by atoms with Gasteiger partial charge < -0.3 is 63.4 Å². The van der Waals surface area contributed by atoms with Crippen molar-refractivity contribution in [3.8, 4) is 74.7 Å². The largest absolute Gasteiger partial charge is 0.508 e. The van der Waals surface area contributed by atoms with Crippen molar-refractivity contribution in [1.82, 2.24) is 0 Å². The molecule has 0 saturated heterocycles. The fourth-order valence-electron chi connectivity index (χ4n) is 3.68. The van der Waals surface area contributed by atoms with E-state index >= 15 is 0 Å². The van der Waals surface area contributed by atoms with E-state index in [-0.39, 0.29) is 28.7 Å². The smallest absolute Gasteiger partial charge is 0.203 e. The topological polar surface area (TPSA) is 175 Å². The maximum absolute atomic E-state index is 9.22. The Morgan fingerprint density at radius 3 is 1.25 bits per heavy atom. The second kappa shape index (κ2) is 23.8. The van der Waals surface area contributed by atoms with Crippen molar-refractivity contribution in [3.63, 3.8) is 0 Å². The summed E-state index contributed by atoms with van der Waals surface area (Å²) >= 11 is 0. The summed E-state index contributed by atoms with van der Waals surface area (Å²) in [6, 6.07) is 27.6. The lowest BCUT2D eigenvalue weighted by Gasteiger charge is -2.07. The van der Waals surface area contributed by atoms with E-state index in [1.807, 2.05) is 0 Å². The Kier molecular flexibility index (Phi) is 19.8. The van der Waals surface area contributed by atoms with Crippen LogP contribution in [0, 0.1) is 0 Å². The van der Waals surface area contributed by atoms with Crippen LogP contribution in [0.1, 0.15) is 0 Å². The zero-order valence-electron chi connectivity index (χ0n) is 29.8. The molecule has 0 aromatic heterocycles. The van der Waals surface area contributed by atoms with Gasteiger partial charge in [0.15, 0.2) is 23.0 Å². The molecule has 0 bridgehead atoms. The molecule has 5 aromatic rings. The summed E-state index contributed by atoms with van der Waals surface area (Å²) in [4.78, 5) is 0. The third-order valence-corrected chi connectivity index (χ3v) is 6.21. The average Bonchev–Trinajstić information content (AvgIpc) is 3.15. The first-order valence-corrected chi connectivity index (χ1v) is 14.9. The molecule has 5 rings (SSSR count). The van der Waals surface area contributed by atoms with Gasteiger partial charge in [-0.3, -0.25) is 0 Å². The minimum Gasteiger partial charge on any atom is -0.508 e. The van der Waals surface area contributed by atoms with Crippen LogP contribution < -0.4 is 37.9 Å². The van der Waals surface area contributed by atoms with Gasteiger partial charge in [0.2, 0.25) is 5.75 Å². The van der Waals surface area contributed by atoms with Crippen molar-refractivity contribution in [2.75, 3.05) is 56.9 Å². The van der Waals surface area contributed by atoms with Crippen molar-refractivity contribution in [3.05, 3.63) is 103 Å². The van der Waals surface area contributed by atoms with Crippen LogP contribution in [0.4, 0.5) is 0 Å². The van der Waals surface area contributed by atoms with Crippen molar-refractivity contribution >= 4 is 0 Å². The average molecular weight is 711 g/mol. The third-order valence-electron chi connectivity index (χ3n) is 6.21. The van der Waals surface area contributed by atoms with E-state index in [0.717, 1.165) is 5.75 Å². The first-order valence-electron chi connectivity index (χ1n) is 14.9. The molecule has 0 fully saturated rings. The number of para-hydroxylation sites is 1. The number of phenols is 5. The Balaban J connectivity index is 0.000000320. The number of hydrogen-bond donors (Lipinski definition) is 5. The van der Waals surface area contributed by atoms with E-state index < -0.39 is 0 Å². The van der Waals surface area contributed by atoms with E-state index in [4.69, 9.17) is 58.3 Å². The summed E-state index contributed by atoms with van der Waals surface area (Å²) < 4.78 is 39.2. The van der Waals surface area contributed by atoms with E-state index in [9.17, 15) is 5.11 Å². The molecule has 0 radical (unpaired) electrons. The van der Waals surface area contributed by atoms with Gasteiger partial charge in [-0.05, 0) is 60.7 Å². The molecule has 0 aliphatic heterocycles. The summed E-state index contributed by atoms with van der Waals surface area (Å²) in [5.74, 6) is 5.55. The molecule has 0 spiro atoms. The van der Waals surface area contributed by atoms with Crippen molar-refractivity contribution < 1.29 is 63.4 Å². The maximum Gasteiger partial charge on any atom is 0.203 e. The molecular formula is C38H46O13. The van der Waals surface area contributed by atoms with Crippen LogP contribution in [0.2, 0.25) is 0 Å². The fraction of sp³-hybridized carbons (Fsp3) is 0.211. The molecule has 0 aliphatic rings. The molecule has 13 nitrogen and oxygen atoms in total. The predicted molar refractivity (Wildman–Crippen MR) is 193 cm³/mol. The van der Waals surface area contributed by atoms with Gasteiger partial charge in [-0.2, -0.15) is 0 Å². The second-order valence-corrected chi connectivity index (χ2v) is 9.52. The van der Waals surface area contributed by atoms with Crippen LogP contribution in [0.5, 0.6) is 74.7 Å². The molecule has 13 heteroatoms. The fourth-order valence-corrected chi connectivity index (χ4v) is 3.68. The van der Waals surface area contributed by atoms with Gasteiger partial charge in [0.25, 0.3) is 0 Å². The van der Waals surface area contributed by atoms with Crippen LogP contribution in [0.15, 0.2) is 103 Å². The van der Waals surface area contributed by atoms with Crippen LogP contribution in [-0.2, 0) is 0 Å². The normalized spacial score (nSPS) is 9.18. The standard InChI is InChI=1S/3C8H10O3.2C7H8O2/c1-10-7-3-6(9)4-8(5-7)11-2;1-10-7-4-3-6(9)5-8(7)11-2;1-10-7-5-3-4-6(9)8(7)11-2;1-9-7-4-2-6(8)3-5-7;1-9-7-4-2-3-6(8)5-7/h3*3-5,9H,1-2H3;2*2-5,8H,1H3. The Morgan fingerprint density at radius 1 is 0.314 bits per heavy atom. The summed E-state index contributed by atoms with van der Waals surface area (Å²) in [5, 5.41) is 45.0. The third kappa shape index (κ3) is 16.0. The van der Waals surface area contributed by atoms with Crippen molar-refractivity contribution in [2.24, 2.45) is 0 Å². The molecule has 276 valence electrons. The van der Waals surface area contributed by atoms with Crippen LogP contribution in [-0.4, -0.2) is 82.4 Å². The molecule has 5 aromatic carbocycles. The summed E-state index contributed by atoms with van der Waals surface area (Å²) in [5.41, 5.74) is 0. The number of methoxy groups -OCH3 is 8. The number of aromatic hydroxyl groups is 5. The minimum atomic E-state index is 0.0897. The summed E-state index contributed by atoms with van der Waals surface area (Å²) in [6.07, 6.45) is 0. The Hall–Kier alpha value is -6.50. The van der Waals surface area contributed by atoms with Crippen LogP contribution >= 0.6 is 0 Å². The Bertz CT molecular complexity index is 1670. The zero-order valence-corrected chi connectivity index (χ0v) is 29.8. The van der Waals surface area contributed by atoms with Gasteiger partial charge in [-0.15, -0.1) is 0 Å². The van der Waals surface area contributed by atoms with Gasteiger partial charge in [0.1, 0.15) is 46.0 Å². The number of rotatable bonds is 8. The minimum absolute atomic E-state index is 0.0897. The molecule has 0 aliphatic carbocycles. The molecule has 5 N–H and O–H groups in total. The molecular weight excluding hydrogens is 664 g/mol. The summed E-state index contributed by atoms with van der Waals surface area (Å²) in [7, 11) is 12.3. The molecule has 0 amide bonds. The lowest BCUT2D eigenvalue weighted by Crippen LogP contribution is -1.89. The highest BCUT2D eigenvalue weighted by Gasteiger charge is 2.06. The monoisotopic (exact) mass is 710 g/mol. The number of benzene rings is 5. The van der Waals surface area contributed by atoms with Gasteiger partial charge in [-0.1, -0.05) is 12.1 Å².